The molecule has 2 unspecified atom stereocenters. The average Bonchev–Trinajstić information content (AvgIpc) is 1.36. The van der Waals surface area contributed by atoms with Gasteiger partial charge in [0.25, 0.3) is 0 Å². The highest BCUT2D eigenvalue weighted by atomic mass is 31.0. The predicted octanol–water partition coefficient (Wildman–Crippen LogP) is -1.51. The van der Waals surface area contributed by atoms with E-state index in [0.717, 1.165) is 0 Å². The van der Waals surface area contributed by atoms with Gasteiger partial charge in [0.05, 0.1) is 0 Å². The standard InChI is InChI=1S/C2H7O3P/c3-1(4)2(5)6/h1-5H,6H2. The van der Waals surface area contributed by atoms with Crippen molar-refractivity contribution in [2.45, 2.75) is 12.1 Å². The summed E-state index contributed by atoms with van der Waals surface area (Å²) in [5, 5.41) is 23.9. The summed E-state index contributed by atoms with van der Waals surface area (Å²) >= 11 is 0. The van der Waals surface area contributed by atoms with Crippen LogP contribution in [0.1, 0.15) is 0 Å². The van der Waals surface area contributed by atoms with Crippen LogP contribution < -0.4 is 0 Å². The third kappa shape index (κ3) is 2.54. The zero-order valence-corrected chi connectivity index (χ0v) is 4.23. The van der Waals surface area contributed by atoms with Gasteiger partial charge in [-0.05, 0) is 0 Å². The largest absolute Gasteiger partial charge is 0.384 e. The van der Waals surface area contributed by atoms with Crippen LogP contribution in [0.25, 0.3) is 0 Å². The summed E-state index contributed by atoms with van der Waals surface area (Å²) in [5.41, 5.74) is 0. The number of hydrogen-bond donors (Lipinski definition) is 3. The first-order valence-electron chi connectivity index (χ1n) is 1.44. The van der Waals surface area contributed by atoms with Crippen LogP contribution in [0.5, 0.6) is 0 Å². The maximum absolute atomic E-state index is 8.09. The Kier molecular flexibility index (Phi) is 2.61. The van der Waals surface area contributed by atoms with Gasteiger partial charge < -0.3 is 15.3 Å². The van der Waals surface area contributed by atoms with E-state index in [1.165, 1.54) is 0 Å². The summed E-state index contributed by atoms with van der Waals surface area (Å²) in [5.74, 6) is -1.12. The van der Waals surface area contributed by atoms with Gasteiger partial charge in [-0.3, -0.25) is 0 Å². The Hall–Kier alpha value is 0.310. The Labute approximate surface area is 37.8 Å². The number of aliphatic hydroxyl groups is 3. The number of hydrogen-bond acceptors (Lipinski definition) is 3. The lowest BCUT2D eigenvalue weighted by Crippen LogP contribution is -2.17. The van der Waals surface area contributed by atoms with Crippen LogP contribution in [-0.4, -0.2) is 27.5 Å². The van der Waals surface area contributed by atoms with E-state index in [4.69, 9.17) is 15.3 Å². The lowest BCUT2D eigenvalue weighted by atomic mass is 10.7. The second kappa shape index (κ2) is 2.48. The third-order valence-corrected chi connectivity index (χ3v) is 0.650. The molecule has 0 fully saturated rings. The maximum atomic E-state index is 8.09. The lowest BCUT2D eigenvalue weighted by Gasteiger charge is -2.02. The van der Waals surface area contributed by atoms with Crippen molar-refractivity contribution < 1.29 is 15.3 Å². The van der Waals surface area contributed by atoms with Crippen molar-refractivity contribution in [2.75, 3.05) is 0 Å². The minimum absolute atomic E-state index is 1.12. The fourth-order valence-corrected chi connectivity index (χ4v) is 0. The minimum atomic E-state index is -1.63. The van der Waals surface area contributed by atoms with Crippen LogP contribution in [0.15, 0.2) is 0 Å². The molecule has 6 heavy (non-hydrogen) atoms. The molecule has 0 aliphatic carbocycles. The summed E-state index contributed by atoms with van der Waals surface area (Å²) in [6.07, 6.45) is -1.63. The first-order chi connectivity index (χ1) is 2.64. The zero-order chi connectivity index (χ0) is 5.15. The van der Waals surface area contributed by atoms with E-state index in [0.29, 0.717) is 0 Å². The van der Waals surface area contributed by atoms with E-state index in [1.807, 2.05) is 9.24 Å². The van der Waals surface area contributed by atoms with Crippen molar-refractivity contribution in [3.8, 4) is 0 Å². The van der Waals surface area contributed by atoms with Gasteiger partial charge in [0, 0.05) is 0 Å². The van der Waals surface area contributed by atoms with Gasteiger partial charge in [-0.25, -0.2) is 0 Å². The van der Waals surface area contributed by atoms with Crippen molar-refractivity contribution >= 4 is 9.24 Å². The summed E-state index contributed by atoms with van der Waals surface area (Å²) in [6.45, 7) is 0. The molecule has 0 aromatic carbocycles. The number of rotatable bonds is 1. The molecule has 0 radical (unpaired) electrons. The molecule has 0 aromatic rings. The maximum Gasteiger partial charge on any atom is 0.181 e. The van der Waals surface area contributed by atoms with Gasteiger partial charge in [0.15, 0.2) is 6.29 Å². The Bertz CT molecular complexity index is 29.8. The summed E-state index contributed by atoms with van der Waals surface area (Å²) in [6, 6.07) is 0. The molecule has 2 atom stereocenters. The van der Waals surface area contributed by atoms with Gasteiger partial charge in [-0.1, -0.05) is 0 Å². The second-order valence-electron chi connectivity index (χ2n) is 0.904. The van der Waals surface area contributed by atoms with Crippen LogP contribution in [-0.2, 0) is 0 Å². The van der Waals surface area contributed by atoms with Crippen molar-refractivity contribution in [2.24, 2.45) is 0 Å². The molecule has 0 heterocycles. The summed E-state index contributed by atoms with van der Waals surface area (Å²) in [4.78, 5) is 0. The molecule has 0 saturated carbocycles. The zero-order valence-electron chi connectivity index (χ0n) is 3.07. The number of aliphatic hydroxyl groups excluding tert-OH is 2. The van der Waals surface area contributed by atoms with Crippen molar-refractivity contribution in [1.82, 2.24) is 0 Å². The Morgan fingerprint density at radius 2 is 1.33 bits per heavy atom. The van der Waals surface area contributed by atoms with Crippen molar-refractivity contribution in [1.29, 1.82) is 0 Å². The molecule has 0 amide bonds. The van der Waals surface area contributed by atoms with Crippen LogP contribution >= 0.6 is 9.24 Å². The van der Waals surface area contributed by atoms with Crippen LogP contribution in [0.3, 0.4) is 0 Å². The lowest BCUT2D eigenvalue weighted by molar-refractivity contribution is -0.0890. The predicted molar refractivity (Wildman–Crippen MR) is 23.9 cm³/mol. The Morgan fingerprint density at radius 3 is 1.33 bits per heavy atom. The molecule has 0 aliphatic heterocycles. The molecular formula is C2H7O3P. The normalized spacial score (nSPS) is 15.5. The van der Waals surface area contributed by atoms with Gasteiger partial charge in [-0.2, -0.15) is 0 Å². The Morgan fingerprint density at radius 1 is 1.17 bits per heavy atom. The second-order valence-corrected chi connectivity index (χ2v) is 1.59. The SMILES string of the molecule is OC(O)C(O)P. The summed E-state index contributed by atoms with van der Waals surface area (Å²) < 4.78 is 0. The molecule has 3 N–H and O–H groups in total. The van der Waals surface area contributed by atoms with Crippen molar-refractivity contribution in [3.63, 3.8) is 0 Å². The highest BCUT2D eigenvalue weighted by Gasteiger charge is 2.02. The fraction of sp³-hybridized carbons (Fsp3) is 1.00. The summed E-state index contributed by atoms with van der Waals surface area (Å²) in [7, 11) is 1.83. The first-order valence-corrected chi connectivity index (χ1v) is 2.11. The average molecular weight is 110 g/mol. The molecule has 38 valence electrons. The van der Waals surface area contributed by atoms with Gasteiger partial charge in [0.1, 0.15) is 5.85 Å². The fourth-order valence-electron chi connectivity index (χ4n) is 0. The quantitative estimate of drug-likeness (QED) is 0.284. The van der Waals surface area contributed by atoms with E-state index in [2.05, 4.69) is 0 Å². The molecular weight excluding hydrogens is 103 g/mol. The molecule has 0 spiro atoms. The molecule has 4 heteroatoms. The van der Waals surface area contributed by atoms with Crippen LogP contribution in [0.2, 0.25) is 0 Å². The molecule has 3 nitrogen and oxygen atoms in total. The molecule has 0 aliphatic rings. The minimum Gasteiger partial charge on any atom is -0.384 e. The van der Waals surface area contributed by atoms with E-state index in [9.17, 15) is 0 Å². The molecule has 0 aromatic heterocycles. The van der Waals surface area contributed by atoms with Gasteiger partial charge in [0.2, 0.25) is 0 Å². The first kappa shape index (κ1) is 6.31. The monoisotopic (exact) mass is 110 g/mol. The van der Waals surface area contributed by atoms with E-state index in [-0.39, 0.29) is 0 Å². The molecule has 0 rings (SSSR count). The van der Waals surface area contributed by atoms with E-state index < -0.39 is 12.1 Å². The van der Waals surface area contributed by atoms with Crippen molar-refractivity contribution in [3.05, 3.63) is 0 Å². The molecule has 0 bridgehead atoms. The third-order valence-electron chi connectivity index (χ3n) is 0.305. The van der Waals surface area contributed by atoms with E-state index >= 15 is 0 Å². The van der Waals surface area contributed by atoms with E-state index in [1.54, 1.807) is 0 Å². The van der Waals surface area contributed by atoms with Gasteiger partial charge in [-0.15, -0.1) is 9.24 Å². The topological polar surface area (TPSA) is 60.7 Å². The highest BCUT2D eigenvalue weighted by Crippen LogP contribution is 1.95. The highest BCUT2D eigenvalue weighted by molar-refractivity contribution is 7.17. The van der Waals surface area contributed by atoms with Crippen LogP contribution in [0, 0.1) is 0 Å². The van der Waals surface area contributed by atoms with Gasteiger partial charge >= 0.3 is 0 Å². The molecule has 0 saturated heterocycles. The smallest absolute Gasteiger partial charge is 0.181 e. The Balaban J connectivity index is 2.99. The van der Waals surface area contributed by atoms with Crippen LogP contribution in [0.4, 0.5) is 0 Å².